The predicted octanol–water partition coefficient (Wildman–Crippen LogP) is 0.373. The van der Waals surface area contributed by atoms with E-state index in [1.165, 1.54) is 20.5 Å². The van der Waals surface area contributed by atoms with Crippen LogP contribution in [0.15, 0.2) is 0 Å². The van der Waals surface area contributed by atoms with Gasteiger partial charge in [-0.1, -0.05) is 0 Å². The maximum atomic E-state index is 11.5. The number of rotatable bonds is 6. The van der Waals surface area contributed by atoms with Crippen molar-refractivity contribution < 1.29 is 14.6 Å². The number of esters is 1. The van der Waals surface area contributed by atoms with Gasteiger partial charge < -0.3 is 15.2 Å². The summed E-state index contributed by atoms with van der Waals surface area (Å²) in [6.07, 6.45) is 2.35. The monoisotopic (exact) mass is 258 g/mol. The molecule has 0 aromatic heterocycles. The number of ether oxygens (including phenoxy) is 1. The number of carbonyl (C=O) groups is 1. The van der Waals surface area contributed by atoms with Crippen LogP contribution in [0.25, 0.3) is 0 Å². The van der Waals surface area contributed by atoms with Crippen LogP contribution < -0.4 is 5.32 Å². The molecule has 0 aromatic rings. The molecular formula is C13H26N2O3. The summed E-state index contributed by atoms with van der Waals surface area (Å²) in [6, 6.07) is 0.740. The zero-order chi connectivity index (χ0) is 13.8. The molecule has 2 atom stereocenters. The van der Waals surface area contributed by atoms with E-state index in [2.05, 4.69) is 28.8 Å². The average molecular weight is 258 g/mol. The zero-order valence-corrected chi connectivity index (χ0v) is 11.9. The number of hydrogen-bond acceptors (Lipinski definition) is 5. The van der Waals surface area contributed by atoms with Gasteiger partial charge in [0.05, 0.1) is 7.11 Å². The van der Waals surface area contributed by atoms with Crippen LogP contribution in [0.4, 0.5) is 0 Å². The van der Waals surface area contributed by atoms with Gasteiger partial charge in [-0.25, -0.2) is 4.79 Å². The Balaban J connectivity index is 2.58. The lowest BCUT2D eigenvalue weighted by molar-refractivity contribution is -0.162. The van der Waals surface area contributed by atoms with E-state index in [9.17, 15) is 9.90 Å². The van der Waals surface area contributed by atoms with Crippen LogP contribution in [-0.4, -0.2) is 60.4 Å². The molecule has 1 fully saturated rings. The number of hydrogen-bond donors (Lipinski definition) is 2. The zero-order valence-electron chi connectivity index (χ0n) is 11.9. The first-order valence-corrected chi connectivity index (χ1v) is 6.65. The maximum absolute atomic E-state index is 11.5. The van der Waals surface area contributed by atoms with Crippen LogP contribution in [0, 0.1) is 0 Å². The lowest BCUT2D eigenvalue weighted by Crippen LogP contribution is -2.52. The van der Waals surface area contributed by atoms with Crippen LogP contribution in [0.2, 0.25) is 0 Å². The van der Waals surface area contributed by atoms with Gasteiger partial charge in [0.2, 0.25) is 0 Å². The van der Waals surface area contributed by atoms with Crippen LogP contribution in [0.5, 0.6) is 0 Å². The minimum absolute atomic E-state index is 0.281. The first-order valence-electron chi connectivity index (χ1n) is 6.65. The van der Waals surface area contributed by atoms with Gasteiger partial charge in [0, 0.05) is 25.2 Å². The Labute approximate surface area is 109 Å². The molecular weight excluding hydrogens is 232 g/mol. The number of carbonyl (C=O) groups excluding carboxylic acids is 1. The van der Waals surface area contributed by atoms with E-state index in [-0.39, 0.29) is 6.04 Å². The number of nitrogens with zero attached hydrogens (tertiary/aromatic N) is 1. The lowest BCUT2D eigenvalue weighted by atomic mass is 10.0. The van der Waals surface area contributed by atoms with E-state index in [1.54, 1.807) is 0 Å². The van der Waals surface area contributed by atoms with Crippen molar-refractivity contribution in [1.29, 1.82) is 0 Å². The van der Waals surface area contributed by atoms with Crippen molar-refractivity contribution in [1.82, 2.24) is 10.2 Å². The SMILES string of the molecule is COC(=O)C(C)(O)CN(CC1CCCN1)C(C)C. The Kier molecular flexibility index (Phi) is 5.56. The molecule has 0 spiro atoms. The lowest BCUT2D eigenvalue weighted by Gasteiger charge is -2.34. The van der Waals surface area contributed by atoms with Crippen LogP contribution in [0.1, 0.15) is 33.6 Å². The van der Waals surface area contributed by atoms with Gasteiger partial charge in [-0.3, -0.25) is 4.90 Å². The summed E-state index contributed by atoms with van der Waals surface area (Å²) in [5, 5.41) is 13.6. The molecule has 0 radical (unpaired) electrons. The number of methoxy groups -OCH3 is 1. The van der Waals surface area contributed by atoms with Crippen molar-refractivity contribution in [2.24, 2.45) is 0 Å². The quantitative estimate of drug-likeness (QED) is 0.674. The largest absolute Gasteiger partial charge is 0.467 e. The fourth-order valence-corrected chi connectivity index (χ4v) is 2.33. The van der Waals surface area contributed by atoms with Crippen molar-refractivity contribution in [2.45, 2.75) is 51.3 Å². The molecule has 1 aliphatic rings. The summed E-state index contributed by atoms with van der Waals surface area (Å²) in [5.74, 6) is -0.576. The van der Waals surface area contributed by atoms with Crippen molar-refractivity contribution in [2.75, 3.05) is 26.7 Å². The summed E-state index contributed by atoms with van der Waals surface area (Å²) < 4.78 is 4.63. The molecule has 2 N–H and O–H groups in total. The highest BCUT2D eigenvalue weighted by molar-refractivity contribution is 5.78. The summed E-state index contributed by atoms with van der Waals surface area (Å²) in [5.41, 5.74) is -1.45. The summed E-state index contributed by atoms with van der Waals surface area (Å²) in [4.78, 5) is 13.6. The number of nitrogens with one attached hydrogen (secondary N) is 1. The molecule has 2 unspecified atom stereocenters. The van der Waals surface area contributed by atoms with Gasteiger partial charge in [-0.2, -0.15) is 0 Å². The second-order valence-corrected chi connectivity index (χ2v) is 5.58. The fourth-order valence-electron chi connectivity index (χ4n) is 2.33. The molecule has 1 saturated heterocycles. The molecule has 0 saturated carbocycles. The highest BCUT2D eigenvalue weighted by Gasteiger charge is 2.35. The standard InChI is InChI=1S/C13H26N2O3/c1-10(2)15(8-11-6-5-7-14-11)9-13(3,17)12(16)18-4/h10-11,14,17H,5-9H2,1-4H3. The Bertz CT molecular complexity index is 273. The van der Waals surface area contributed by atoms with Crippen molar-refractivity contribution in [3.05, 3.63) is 0 Å². The normalized spacial score (nSPS) is 23.4. The third-order valence-corrected chi connectivity index (χ3v) is 3.48. The summed E-state index contributed by atoms with van der Waals surface area (Å²) in [6.45, 7) is 7.87. The Hall–Kier alpha value is -0.650. The highest BCUT2D eigenvalue weighted by Crippen LogP contribution is 2.14. The minimum atomic E-state index is -1.45. The van der Waals surface area contributed by atoms with Crippen LogP contribution in [0.3, 0.4) is 0 Å². The third-order valence-electron chi connectivity index (χ3n) is 3.48. The minimum Gasteiger partial charge on any atom is -0.467 e. The molecule has 0 bridgehead atoms. The van der Waals surface area contributed by atoms with Gasteiger partial charge in [0.15, 0.2) is 5.60 Å². The van der Waals surface area contributed by atoms with Crippen molar-refractivity contribution in [3.8, 4) is 0 Å². The van der Waals surface area contributed by atoms with Crippen LogP contribution >= 0.6 is 0 Å². The molecule has 106 valence electrons. The van der Waals surface area contributed by atoms with E-state index in [4.69, 9.17) is 0 Å². The van der Waals surface area contributed by atoms with Gasteiger partial charge in [-0.05, 0) is 40.2 Å². The first-order chi connectivity index (χ1) is 8.36. The van der Waals surface area contributed by atoms with E-state index in [0.717, 1.165) is 19.5 Å². The Morgan fingerprint density at radius 3 is 2.72 bits per heavy atom. The Morgan fingerprint density at radius 2 is 2.28 bits per heavy atom. The summed E-state index contributed by atoms with van der Waals surface area (Å²) in [7, 11) is 1.30. The molecule has 5 nitrogen and oxygen atoms in total. The Morgan fingerprint density at radius 1 is 1.61 bits per heavy atom. The first kappa shape index (κ1) is 15.4. The van der Waals surface area contributed by atoms with Gasteiger partial charge in [0.25, 0.3) is 0 Å². The fraction of sp³-hybridized carbons (Fsp3) is 0.923. The smallest absolute Gasteiger partial charge is 0.338 e. The molecule has 1 rings (SSSR count). The third kappa shape index (κ3) is 4.23. The average Bonchev–Trinajstić information content (AvgIpc) is 2.79. The molecule has 0 amide bonds. The second kappa shape index (κ2) is 6.50. The number of aliphatic hydroxyl groups is 1. The van der Waals surface area contributed by atoms with Gasteiger partial charge in [0.1, 0.15) is 0 Å². The van der Waals surface area contributed by atoms with E-state index >= 15 is 0 Å². The molecule has 0 aliphatic carbocycles. The molecule has 0 aromatic carbocycles. The summed E-state index contributed by atoms with van der Waals surface area (Å²) >= 11 is 0. The van der Waals surface area contributed by atoms with Crippen molar-refractivity contribution >= 4 is 5.97 Å². The highest BCUT2D eigenvalue weighted by atomic mass is 16.5. The topological polar surface area (TPSA) is 61.8 Å². The van der Waals surface area contributed by atoms with E-state index in [1.807, 2.05) is 0 Å². The molecule has 18 heavy (non-hydrogen) atoms. The molecule has 1 aliphatic heterocycles. The molecule has 5 heteroatoms. The van der Waals surface area contributed by atoms with Gasteiger partial charge in [-0.15, -0.1) is 0 Å². The van der Waals surface area contributed by atoms with E-state index < -0.39 is 11.6 Å². The van der Waals surface area contributed by atoms with Crippen LogP contribution in [-0.2, 0) is 9.53 Å². The van der Waals surface area contributed by atoms with Crippen molar-refractivity contribution in [3.63, 3.8) is 0 Å². The van der Waals surface area contributed by atoms with Gasteiger partial charge >= 0.3 is 5.97 Å². The predicted molar refractivity (Wildman–Crippen MR) is 70.4 cm³/mol. The molecule has 1 heterocycles. The maximum Gasteiger partial charge on any atom is 0.338 e. The second-order valence-electron chi connectivity index (χ2n) is 5.58. The van der Waals surface area contributed by atoms with E-state index in [0.29, 0.717) is 12.6 Å².